The summed E-state index contributed by atoms with van der Waals surface area (Å²) in [5, 5.41) is 2.33. The summed E-state index contributed by atoms with van der Waals surface area (Å²) in [4.78, 5) is 12.3. The molecule has 4 heteroatoms. The van der Waals surface area contributed by atoms with Gasteiger partial charge in [0.05, 0.1) is 6.04 Å². The Balaban J connectivity index is 2.03. The van der Waals surface area contributed by atoms with Crippen molar-refractivity contribution in [3.05, 3.63) is 30.2 Å². The van der Waals surface area contributed by atoms with Crippen LogP contribution in [0.25, 0.3) is 10.9 Å². The molecule has 1 aliphatic heterocycles. The molecule has 0 bridgehead atoms. The topological polar surface area (TPSA) is 41.0 Å². The number of fused-ring (bicyclic) bond motifs is 1. The van der Waals surface area contributed by atoms with E-state index in [1.807, 2.05) is 36.4 Å². The van der Waals surface area contributed by atoms with E-state index in [1.54, 1.807) is 0 Å². The number of nitrogens with one attached hydrogen (secondary N) is 1. The van der Waals surface area contributed by atoms with E-state index in [0.29, 0.717) is 12.0 Å². The standard InChI is InChI=1S/C13H15N3S/c1-8(2)12-7-17-13(16-12)10-6-15-11-3-4-14-5-9(10)11/h3-6,8,12,15H,7H2,1-2H3. The van der Waals surface area contributed by atoms with Gasteiger partial charge >= 0.3 is 0 Å². The predicted molar refractivity (Wildman–Crippen MR) is 73.7 cm³/mol. The van der Waals surface area contributed by atoms with Crippen LogP contribution in [0.4, 0.5) is 0 Å². The van der Waals surface area contributed by atoms with Crippen molar-refractivity contribution in [2.75, 3.05) is 5.75 Å². The summed E-state index contributed by atoms with van der Waals surface area (Å²) in [6, 6.07) is 2.45. The van der Waals surface area contributed by atoms with Crippen LogP contribution < -0.4 is 0 Å². The lowest BCUT2D eigenvalue weighted by atomic mass is 10.1. The molecule has 1 unspecified atom stereocenters. The Labute approximate surface area is 105 Å². The second kappa shape index (κ2) is 4.18. The number of rotatable bonds is 2. The van der Waals surface area contributed by atoms with Crippen molar-refractivity contribution in [1.29, 1.82) is 0 Å². The van der Waals surface area contributed by atoms with Crippen molar-refractivity contribution >= 4 is 27.7 Å². The predicted octanol–water partition coefficient (Wildman–Crippen LogP) is 3.08. The van der Waals surface area contributed by atoms with Gasteiger partial charge in [-0.25, -0.2) is 0 Å². The molecule has 0 saturated heterocycles. The molecule has 88 valence electrons. The van der Waals surface area contributed by atoms with Gasteiger partial charge in [-0.2, -0.15) is 0 Å². The summed E-state index contributed by atoms with van der Waals surface area (Å²) in [5.74, 6) is 1.71. The first-order chi connectivity index (χ1) is 8.25. The SMILES string of the molecule is CC(C)C1CSC(c2c[nH]c3ccncc23)=N1. The smallest absolute Gasteiger partial charge is 0.100 e. The fourth-order valence-electron chi connectivity index (χ4n) is 2.02. The number of H-pyrrole nitrogens is 1. The first-order valence-corrected chi connectivity index (χ1v) is 6.86. The molecule has 3 heterocycles. The van der Waals surface area contributed by atoms with Crippen molar-refractivity contribution < 1.29 is 0 Å². The van der Waals surface area contributed by atoms with Crippen molar-refractivity contribution in [2.24, 2.45) is 10.9 Å². The van der Waals surface area contributed by atoms with Crippen molar-refractivity contribution in [3.63, 3.8) is 0 Å². The molecule has 1 aliphatic rings. The van der Waals surface area contributed by atoms with Crippen LogP contribution in [0.5, 0.6) is 0 Å². The van der Waals surface area contributed by atoms with Crippen LogP contribution in [0.3, 0.4) is 0 Å². The van der Waals surface area contributed by atoms with E-state index in [1.165, 1.54) is 10.9 Å². The maximum atomic E-state index is 4.81. The first kappa shape index (κ1) is 10.8. The second-order valence-electron chi connectivity index (χ2n) is 4.68. The number of hydrogen-bond donors (Lipinski definition) is 1. The molecule has 2 aromatic heterocycles. The summed E-state index contributed by atoms with van der Waals surface area (Å²) in [7, 11) is 0. The summed E-state index contributed by atoms with van der Waals surface area (Å²) in [5.41, 5.74) is 2.33. The summed E-state index contributed by atoms with van der Waals surface area (Å²) < 4.78 is 0. The van der Waals surface area contributed by atoms with Gasteiger partial charge < -0.3 is 4.98 Å². The fourth-order valence-corrected chi connectivity index (χ4v) is 3.34. The number of nitrogens with zero attached hydrogens (tertiary/aromatic N) is 2. The normalized spacial score (nSPS) is 20.2. The average molecular weight is 245 g/mol. The summed E-state index contributed by atoms with van der Waals surface area (Å²) >= 11 is 1.85. The molecule has 3 nitrogen and oxygen atoms in total. The minimum atomic E-state index is 0.455. The second-order valence-corrected chi connectivity index (χ2v) is 5.69. The van der Waals surface area contributed by atoms with Gasteiger partial charge in [-0.05, 0) is 12.0 Å². The number of aliphatic imine (C=N–C) groups is 1. The van der Waals surface area contributed by atoms with Gasteiger partial charge in [-0.15, -0.1) is 11.8 Å². The maximum absolute atomic E-state index is 4.81. The van der Waals surface area contributed by atoms with Gasteiger partial charge in [0.1, 0.15) is 5.04 Å². The minimum Gasteiger partial charge on any atom is -0.360 e. The van der Waals surface area contributed by atoms with E-state index >= 15 is 0 Å². The number of hydrogen-bond acceptors (Lipinski definition) is 3. The van der Waals surface area contributed by atoms with Gasteiger partial charge in [-0.3, -0.25) is 9.98 Å². The molecular formula is C13H15N3S. The Morgan fingerprint density at radius 1 is 1.47 bits per heavy atom. The quantitative estimate of drug-likeness (QED) is 0.883. The number of thioether (sulfide) groups is 1. The minimum absolute atomic E-state index is 0.455. The Kier molecular flexibility index (Phi) is 2.67. The van der Waals surface area contributed by atoms with E-state index in [4.69, 9.17) is 4.99 Å². The van der Waals surface area contributed by atoms with E-state index in [2.05, 4.69) is 23.8 Å². The zero-order valence-corrected chi connectivity index (χ0v) is 10.8. The van der Waals surface area contributed by atoms with Gasteiger partial charge in [0, 0.05) is 40.8 Å². The Bertz CT molecular complexity index is 571. The molecule has 0 aromatic carbocycles. The highest BCUT2D eigenvalue weighted by Gasteiger charge is 2.23. The highest BCUT2D eigenvalue weighted by atomic mass is 32.2. The number of pyridine rings is 1. The third-order valence-corrected chi connectivity index (χ3v) is 4.26. The van der Waals surface area contributed by atoms with Crippen molar-refractivity contribution in [1.82, 2.24) is 9.97 Å². The fraction of sp³-hybridized carbons (Fsp3) is 0.385. The molecule has 0 fully saturated rings. The van der Waals surface area contributed by atoms with Gasteiger partial charge in [0.2, 0.25) is 0 Å². The molecule has 1 N–H and O–H groups in total. The van der Waals surface area contributed by atoms with Crippen molar-refractivity contribution in [3.8, 4) is 0 Å². The summed E-state index contributed by atoms with van der Waals surface area (Å²) in [6.07, 6.45) is 5.76. The van der Waals surface area contributed by atoms with E-state index in [-0.39, 0.29) is 0 Å². The number of aromatic amines is 1. The largest absolute Gasteiger partial charge is 0.360 e. The Hall–Kier alpha value is -1.29. The molecule has 1 atom stereocenters. The molecule has 3 rings (SSSR count). The highest BCUT2D eigenvalue weighted by Crippen LogP contribution is 2.30. The van der Waals surface area contributed by atoms with Crippen molar-refractivity contribution in [2.45, 2.75) is 19.9 Å². The van der Waals surface area contributed by atoms with Crippen LogP contribution in [-0.4, -0.2) is 26.8 Å². The van der Waals surface area contributed by atoms with Gasteiger partial charge in [0.15, 0.2) is 0 Å². The van der Waals surface area contributed by atoms with E-state index in [0.717, 1.165) is 16.3 Å². The van der Waals surface area contributed by atoms with Crippen LogP contribution in [0.2, 0.25) is 0 Å². The average Bonchev–Trinajstić information content (AvgIpc) is 2.95. The lowest BCUT2D eigenvalue weighted by molar-refractivity contribution is 0.544. The molecule has 0 spiro atoms. The zero-order valence-electron chi connectivity index (χ0n) is 9.97. The molecule has 0 radical (unpaired) electrons. The molecule has 2 aromatic rings. The monoisotopic (exact) mass is 245 g/mol. The Morgan fingerprint density at radius 2 is 2.35 bits per heavy atom. The molecule has 0 amide bonds. The van der Waals surface area contributed by atoms with Crippen LogP contribution >= 0.6 is 11.8 Å². The highest BCUT2D eigenvalue weighted by molar-refractivity contribution is 8.14. The third-order valence-electron chi connectivity index (χ3n) is 3.16. The molecule has 0 aliphatic carbocycles. The molecular weight excluding hydrogens is 230 g/mol. The lowest BCUT2D eigenvalue weighted by Crippen LogP contribution is -2.11. The third kappa shape index (κ3) is 1.86. The van der Waals surface area contributed by atoms with Gasteiger partial charge in [0.25, 0.3) is 0 Å². The van der Waals surface area contributed by atoms with Crippen LogP contribution in [0, 0.1) is 5.92 Å². The molecule has 0 saturated carbocycles. The zero-order chi connectivity index (χ0) is 11.8. The Morgan fingerprint density at radius 3 is 3.12 bits per heavy atom. The number of aromatic nitrogens is 2. The molecule has 17 heavy (non-hydrogen) atoms. The van der Waals surface area contributed by atoms with Crippen LogP contribution in [0.15, 0.2) is 29.6 Å². The van der Waals surface area contributed by atoms with E-state index < -0.39 is 0 Å². The lowest BCUT2D eigenvalue weighted by Gasteiger charge is -2.07. The van der Waals surface area contributed by atoms with E-state index in [9.17, 15) is 0 Å². The van der Waals surface area contributed by atoms with Crippen LogP contribution in [0.1, 0.15) is 19.4 Å². The van der Waals surface area contributed by atoms with Gasteiger partial charge in [-0.1, -0.05) is 13.8 Å². The first-order valence-electron chi connectivity index (χ1n) is 5.88. The summed E-state index contributed by atoms with van der Waals surface area (Å²) in [6.45, 7) is 4.46. The maximum Gasteiger partial charge on any atom is 0.100 e. The van der Waals surface area contributed by atoms with Crippen LogP contribution in [-0.2, 0) is 0 Å².